The van der Waals surface area contributed by atoms with Crippen molar-refractivity contribution in [2.24, 2.45) is 17.6 Å². The average molecular weight is 407 g/mol. The van der Waals surface area contributed by atoms with E-state index in [0.29, 0.717) is 24.6 Å². The van der Waals surface area contributed by atoms with Crippen LogP contribution in [0.3, 0.4) is 0 Å². The second-order valence-electron chi connectivity index (χ2n) is 6.81. The van der Waals surface area contributed by atoms with Crippen molar-refractivity contribution in [1.29, 1.82) is 0 Å². The molecule has 1 aromatic carbocycles. The molecule has 0 saturated carbocycles. The van der Waals surface area contributed by atoms with Gasteiger partial charge in [0.1, 0.15) is 5.75 Å². The molecule has 6 nitrogen and oxygen atoms in total. The van der Waals surface area contributed by atoms with Crippen LogP contribution in [0.2, 0.25) is 0 Å². The summed E-state index contributed by atoms with van der Waals surface area (Å²) in [4.78, 5) is 14.2. The molecular weight excluding hydrogens is 376 g/mol. The van der Waals surface area contributed by atoms with Crippen LogP contribution in [-0.2, 0) is 14.6 Å². The molecule has 1 rings (SSSR count). The topological polar surface area (TPSA) is 89.7 Å². The number of methoxy groups -OCH3 is 1. The lowest BCUT2D eigenvalue weighted by Gasteiger charge is -2.24. The van der Waals surface area contributed by atoms with Gasteiger partial charge in [-0.3, -0.25) is 4.79 Å². The number of ether oxygens (including phenoxy) is 1. The summed E-state index contributed by atoms with van der Waals surface area (Å²) in [6, 6.07) is 6.21. The Bertz CT molecular complexity index is 662. The van der Waals surface area contributed by atoms with Crippen molar-refractivity contribution >= 4 is 28.2 Å². The molecule has 1 amide bonds. The third-order valence-corrected chi connectivity index (χ3v) is 6.27. The Morgan fingerprint density at radius 1 is 1.19 bits per heavy atom. The maximum absolute atomic E-state index is 12.5. The zero-order valence-electron chi connectivity index (χ0n) is 16.1. The normalized spacial score (nSPS) is 13.7. The van der Waals surface area contributed by atoms with Gasteiger partial charge in [0.05, 0.1) is 17.8 Å². The SMILES string of the molecule is COc1ccc(S(=O)(=O)CC(C)C(=O)N(C)CCC(N)C(C)C)cc1.Cl. The predicted octanol–water partition coefficient (Wildman–Crippen LogP) is 2.36. The van der Waals surface area contributed by atoms with Crippen LogP contribution in [-0.4, -0.2) is 51.7 Å². The molecule has 0 aliphatic rings. The molecule has 150 valence electrons. The van der Waals surface area contributed by atoms with Crippen LogP contribution in [0, 0.1) is 11.8 Å². The monoisotopic (exact) mass is 406 g/mol. The van der Waals surface area contributed by atoms with Gasteiger partial charge in [-0.05, 0) is 36.6 Å². The van der Waals surface area contributed by atoms with Crippen molar-refractivity contribution in [2.45, 2.75) is 38.1 Å². The number of amides is 1. The summed E-state index contributed by atoms with van der Waals surface area (Å²) in [5.74, 6) is -0.0975. The first-order valence-electron chi connectivity index (χ1n) is 8.45. The van der Waals surface area contributed by atoms with E-state index in [0.717, 1.165) is 0 Å². The van der Waals surface area contributed by atoms with Gasteiger partial charge in [-0.1, -0.05) is 20.8 Å². The number of hydrogen-bond donors (Lipinski definition) is 1. The van der Waals surface area contributed by atoms with Crippen molar-refractivity contribution in [3.05, 3.63) is 24.3 Å². The average Bonchev–Trinajstić information content (AvgIpc) is 2.58. The first-order chi connectivity index (χ1) is 11.6. The van der Waals surface area contributed by atoms with E-state index in [2.05, 4.69) is 0 Å². The summed E-state index contributed by atoms with van der Waals surface area (Å²) >= 11 is 0. The van der Waals surface area contributed by atoms with Gasteiger partial charge in [-0.15, -0.1) is 12.4 Å². The number of rotatable bonds is 9. The number of carbonyl (C=O) groups excluding carboxylic acids is 1. The Balaban J connectivity index is 0.00000625. The largest absolute Gasteiger partial charge is 0.497 e. The van der Waals surface area contributed by atoms with E-state index in [-0.39, 0.29) is 35.0 Å². The quantitative estimate of drug-likeness (QED) is 0.679. The highest BCUT2D eigenvalue weighted by atomic mass is 35.5. The molecule has 0 aromatic heterocycles. The number of nitrogens with zero attached hydrogens (tertiary/aromatic N) is 1. The summed E-state index contributed by atoms with van der Waals surface area (Å²) in [5, 5.41) is 0. The molecule has 0 radical (unpaired) electrons. The summed E-state index contributed by atoms with van der Waals surface area (Å²) in [6.07, 6.45) is 0.692. The molecular formula is C18H31ClN2O4S. The molecule has 0 spiro atoms. The van der Waals surface area contributed by atoms with E-state index in [1.54, 1.807) is 31.0 Å². The molecule has 2 atom stereocenters. The lowest BCUT2D eigenvalue weighted by atomic mass is 10.0. The molecule has 0 aliphatic carbocycles. The second kappa shape index (κ2) is 10.7. The van der Waals surface area contributed by atoms with Gasteiger partial charge in [0, 0.05) is 25.6 Å². The van der Waals surface area contributed by atoms with Gasteiger partial charge in [-0.2, -0.15) is 0 Å². The van der Waals surface area contributed by atoms with Crippen LogP contribution in [0.1, 0.15) is 27.2 Å². The fourth-order valence-electron chi connectivity index (χ4n) is 2.44. The first-order valence-corrected chi connectivity index (χ1v) is 10.1. The van der Waals surface area contributed by atoms with Gasteiger partial charge in [0.25, 0.3) is 0 Å². The van der Waals surface area contributed by atoms with Crippen molar-refractivity contribution in [2.75, 3.05) is 26.5 Å². The summed E-state index contributed by atoms with van der Waals surface area (Å²) < 4.78 is 30.0. The van der Waals surface area contributed by atoms with E-state index < -0.39 is 15.8 Å². The third kappa shape index (κ3) is 7.13. The highest BCUT2D eigenvalue weighted by Gasteiger charge is 2.25. The minimum Gasteiger partial charge on any atom is -0.497 e. The summed E-state index contributed by atoms with van der Waals surface area (Å²) in [6.45, 7) is 6.24. The smallest absolute Gasteiger partial charge is 0.226 e. The number of sulfone groups is 1. The van der Waals surface area contributed by atoms with E-state index >= 15 is 0 Å². The number of hydrogen-bond acceptors (Lipinski definition) is 5. The van der Waals surface area contributed by atoms with Gasteiger partial charge >= 0.3 is 0 Å². The predicted molar refractivity (Wildman–Crippen MR) is 107 cm³/mol. The van der Waals surface area contributed by atoms with E-state index in [1.807, 2.05) is 13.8 Å². The molecule has 8 heteroatoms. The van der Waals surface area contributed by atoms with Crippen LogP contribution in [0.5, 0.6) is 5.75 Å². The maximum Gasteiger partial charge on any atom is 0.226 e. The van der Waals surface area contributed by atoms with Gasteiger partial charge in [-0.25, -0.2) is 8.42 Å². The molecule has 0 heterocycles. The van der Waals surface area contributed by atoms with Gasteiger partial charge < -0.3 is 15.4 Å². The summed E-state index contributed by atoms with van der Waals surface area (Å²) in [7, 11) is -0.330. The minimum atomic E-state index is -3.54. The molecule has 0 bridgehead atoms. The zero-order chi connectivity index (χ0) is 19.2. The van der Waals surface area contributed by atoms with Crippen LogP contribution in [0.15, 0.2) is 29.2 Å². The molecule has 0 aliphatic heterocycles. The lowest BCUT2D eigenvalue weighted by Crippen LogP contribution is -2.38. The van der Waals surface area contributed by atoms with E-state index in [9.17, 15) is 13.2 Å². The van der Waals surface area contributed by atoms with Crippen LogP contribution >= 0.6 is 12.4 Å². The lowest BCUT2D eigenvalue weighted by molar-refractivity contribution is -0.133. The first kappa shape index (κ1) is 24.7. The van der Waals surface area contributed by atoms with Crippen LogP contribution in [0.25, 0.3) is 0 Å². The highest BCUT2D eigenvalue weighted by Crippen LogP contribution is 2.19. The molecule has 0 fully saturated rings. The van der Waals surface area contributed by atoms with E-state index in [1.165, 1.54) is 19.2 Å². The number of carbonyl (C=O) groups is 1. The fraction of sp³-hybridized carbons (Fsp3) is 0.611. The van der Waals surface area contributed by atoms with Crippen molar-refractivity contribution in [1.82, 2.24) is 4.90 Å². The highest BCUT2D eigenvalue weighted by molar-refractivity contribution is 7.91. The van der Waals surface area contributed by atoms with Crippen LogP contribution < -0.4 is 10.5 Å². The molecule has 1 aromatic rings. The third-order valence-electron chi connectivity index (χ3n) is 4.34. The Hall–Kier alpha value is -1.31. The molecule has 26 heavy (non-hydrogen) atoms. The standard InChI is InChI=1S/C18H30N2O4S.ClH/c1-13(2)17(19)10-11-20(4)18(21)14(3)12-25(22,23)16-8-6-15(24-5)7-9-16;/h6-9,13-14,17H,10-12,19H2,1-5H3;1H. The zero-order valence-corrected chi connectivity index (χ0v) is 17.8. The Labute approximate surface area is 163 Å². The summed E-state index contributed by atoms with van der Waals surface area (Å²) in [5.41, 5.74) is 6.00. The Morgan fingerprint density at radius 3 is 2.19 bits per heavy atom. The number of halogens is 1. The van der Waals surface area contributed by atoms with Gasteiger partial charge in [0.2, 0.25) is 5.91 Å². The van der Waals surface area contributed by atoms with Gasteiger partial charge in [0.15, 0.2) is 9.84 Å². The van der Waals surface area contributed by atoms with E-state index in [4.69, 9.17) is 10.5 Å². The second-order valence-corrected chi connectivity index (χ2v) is 8.85. The Kier molecular flexibility index (Phi) is 10.2. The molecule has 2 unspecified atom stereocenters. The van der Waals surface area contributed by atoms with Crippen molar-refractivity contribution in [3.8, 4) is 5.75 Å². The van der Waals surface area contributed by atoms with Crippen molar-refractivity contribution < 1.29 is 17.9 Å². The fourth-order valence-corrected chi connectivity index (χ4v) is 3.99. The van der Waals surface area contributed by atoms with Crippen molar-refractivity contribution in [3.63, 3.8) is 0 Å². The number of nitrogens with two attached hydrogens (primary N) is 1. The minimum absolute atomic E-state index is 0. The molecule has 2 N–H and O–H groups in total. The molecule has 0 saturated heterocycles. The maximum atomic E-state index is 12.5. The van der Waals surface area contributed by atoms with Crippen LogP contribution in [0.4, 0.5) is 0 Å². The Morgan fingerprint density at radius 2 is 1.73 bits per heavy atom. The number of benzene rings is 1.